The van der Waals surface area contributed by atoms with E-state index in [-0.39, 0.29) is 18.9 Å². The van der Waals surface area contributed by atoms with Crippen molar-refractivity contribution in [2.75, 3.05) is 26.4 Å². The summed E-state index contributed by atoms with van der Waals surface area (Å²) in [6.07, 6.45) is 59.0. The Morgan fingerprint density at radius 1 is 0.327 bits per heavy atom. The van der Waals surface area contributed by atoms with Gasteiger partial charge < -0.3 is 89.9 Å². The van der Waals surface area contributed by atoms with E-state index in [4.69, 9.17) is 28.4 Å². The number of allylic oxidation sites excluding steroid dienone is 3. The number of carbonyl (C=O) groups excluding carboxylic acids is 1. The van der Waals surface area contributed by atoms with Gasteiger partial charge in [0.1, 0.15) is 73.2 Å². The van der Waals surface area contributed by atoms with Gasteiger partial charge in [-0.25, -0.2) is 0 Å². The van der Waals surface area contributed by atoms with Crippen LogP contribution in [0.25, 0.3) is 0 Å². The normalized spacial score (nSPS) is 25.6. The van der Waals surface area contributed by atoms with Crippen LogP contribution in [-0.4, -0.2) is 193 Å². The minimum Gasteiger partial charge on any atom is -0.394 e. The molecule has 0 aromatic carbocycles. The number of hydrogen-bond acceptors (Lipinski definition) is 18. The standard InChI is InChI=1S/C88H167NO18/c1-3-5-7-9-11-13-15-17-19-21-23-25-27-29-31-33-34-35-36-38-39-41-43-45-47-49-51-53-55-57-59-61-63-65-72(93)71(89-76(94)66-64-62-60-58-56-54-52-50-48-46-44-42-40-37-32-30-28-26-24-22-20-18-16-14-12-10-8-6-4-2)70-102-86-82(100)79(97)84(74(68-91)104-86)107-88-83(101)80(98)85(75(69-92)105-88)106-87-81(99)78(96)77(95)73(67-90)103-87/h22,24,63,65,71-75,77-88,90-93,95-101H,3-21,23,25-62,64,66-70H2,1-2H3,(H,89,94)/b24-22-,65-63+. The minimum atomic E-state index is -1.98. The number of hydrogen-bond donors (Lipinski definition) is 12. The van der Waals surface area contributed by atoms with Crippen LogP contribution >= 0.6 is 0 Å². The van der Waals surface area contributed by atoms with Crippen LogP contribution < -0.4 is 5.32 Å². The van der Waals surface area contributed by atoms with Gasteiger partial charge in [-0.2, -0.15) is 0 Å². The summed E-state index contributed by atoms with van der Waals surface area (Å²) in [4.78, 5) is 13.5. The van der Waals surface area contributed by atoms with Gasteiger partial charge in [0, 0.05) is 6.42 Å². The molecule has 0 aliphatic carbocycles. The fourth-order valence-corrected chi connectivity index (χ4v) is 15.5. The first-order valence-electron chi connectivity index (χ1n) is 45.1. The lowest BCUT2D eigenvalue weighted by molar-refractivity contribution is -0.379. The number of unbranched alkanes of at least 4 members (excludes halogenated alkanes) is 56. The van der Waals surface area contributed by atoms with Gasteiger partial charge in [-0.05, 0) is 44.9 Å². The molecule has 0 spiro atoms. The Labute approximate surface area is 651 Å². The molecular formula is C88H167NO18. The Morgan fingerprint density at radius 3 is 0.907 bits per heavy atom. The lowest BCUT2D eigenvalue weighted by Crippen LogP contribution is -2.66. The maximum Gasteiger partial charge on any atom is 0.220 e. The molecule has 17 unspecified atom stereocenters. The highest BCUT2D eigenvalue weighted by atomic mass is 16.8. The molecule has 1 amide bonds. The zero-order chi connectivity index (χ0) is 77.4. The van der Waals surface area contributed by atoms with Crippen molar-refractivity contribution in [1.29, 1.82) is 0 Å². The first-order chi connectivity index (χ1) is 52.3. The molecule has 3 saturated heterocycles. The highest BCUT2D eigenvalue weighted by Gasteiger charge is 2.54. The molecule has 0 aromatic rings. The summed E-state index contributed by atoms with van der Waals surface area (Å²) < 4.78 is 34.5. The summed E-state index contributed by atoms with van der Waals surface area (Å²) >= 11 is 0. The van der Waals surface area contributed by atoms with Crippen molar-refractivity contribution in [3.05, 3.63) is 24.3 Å². The maximum absolute atomic E-state index is 13.5. The first-order valence-corrected chi connectivity index (χ1v) is 45.1. The molecule has 0 radical (unpaired) electrons. The van der Waals surface area contributed by atoms with E-state index in [2.05, 4.69) is 31.3 Å². The SMILES string of the molecule is CCCCCCCCCC/C=C\CCCCCCCCCCCCCCCCCCCC(=O)NC(COC1OC(CO)C(OC2OC(CO)C(OC3OC(CO)C(O)C(O)C3O)C(O)C2O)C(O)C1O)C(O)/C=C/CCCCCCCCCCCCCCCCCCCCCCCCCCCCCCCCC. The van der Waals surface area contributed by atoms with E-state index in [9.17, 15) is 61.0 Å². The third-order valence-electron chi connectivity index (χ3n) is 22.7. The minimum absolute atomic E-state index is 0.248. The average molecular weight is 1530 g/mol. The van der Waals surface area contributed by atoms with Gasteiger partial charge >= 0.3 is 0 Å². The van der Waals surface area contributed by atoms with Crippen LogP contribution in [0.5, 0.6) is 0 Å². The molecule has 3 aliphatic heterocycles. The number of amides is 1. The smallest absolute Gasteiger partial charge is 0.220 e. The lowest BCUT2D eigenvalue weighted by atomic mass is 9.96. The van der Waals surface area contributed by atoms with Crippen LogP contribution in [0.2, 0.25) is 0 Å². The first kappa shape index (κ1) is 99.5. The summed E-state index contributed by atoms with van der Waals surface area (Å²) in [5.41, 5.74) is 0. The molecule has 107 heavy (non-hydrogen) atoms. The van der Waals surface area contributed by atoms with Gasteiger partial charge in [0.15, 0.2) is 18.9 Å². The number of ether oxygens (including phenoxy) is 6. The fourth-order valence-electron chi connectivity index (χ4n) is 15.5. The topological polar surface area (TPSA) is 307 Å². The lowest BCUT2D eigenvalue weighted by Gasteiger charge is -2.48. The number of aliphatic hydroxyl groups is 11. The Kier molecular flexibility index (Phi) is 63.8. The van der Waals surface area contributed by atoms with E-state index in [0.29, 0.717) is 6.42 Å². The van der Waals surface area contributed by atoms with Crippen molar-refractivity contribution in [3.8, 4) is 0 Å². The molecule has 0 saturated carbocycles. The molecule has 0 bridgehead atoms. The second-order valence-corrected chi connectivity index (χ2v) is 32.4. The average Bonchev–Trinajstić information content (AvgIpc) is 0.781. The molecule has 3 fully saturated rings. The van der Waals surface area contributed by atoms with E-state index in [1.54, 1.807) is 6.08 Å². The summed E-state index contributed by atoms with van der Waals surface area (Å²) in [6, 6.07) is -0.973. The van der Waals surface area contributed by atoms with E-state index >= 15 is 0 Å². The van der Waals surface area contributed by atoms with Gasteiger partial charge in [0.2, 0.25) is 5.91 Å². The number of rotatable bonds is 74. The Morgan fingerprint density at radius 2 is 0.589 bits per heavy atom. The van der Waals surface area contributed by atoms with Crippen molar-refractivity contribution < 1.29 is 89.4 Å². The summed E-state index contributed by atoms with van der Waals surface area (Å²) in [5.74, 6) is -0.267. The van der Waals surface area contributed by atoms with Crippen molar-refractivity contribution in [1.82, 2.24) is 5.32 Å². The van der Waals surface area contributed by atoms with Crippen LogP contribution in [0.1, 0.15) is 399 Å². The predicted molar refractivity (Wildman–Crippen MR) is 430 cm³/mol. The third-order valence-corrected chi connectivity index (χ3v) is 22.7. The fraction of sp³-hybridized carbons (Fsp3) is 0.943. The highest BCUT2D eigenvalue weighted by molar-refractivity contribution is 5.76. The van der Waals surface area contributed by atoms with E-state index in [1.165, 1.54) is 327 Å². The monoisotopic (exact) mass is 1530 g/mol. The van der Waals surface area contributed by atoms with Crippen LogP contribution in [0.15, 0.2) is 24.3 Å². The van der Waals surface area contributed by atoms with Crippen molar-refractivity contribution in [3.63, 3.8) is 0 Å². The van der Waals surface area contributed by atoms with Crippen LogP contribution in [0.3, 0.4) is 0 Å². The number of carbonyl (C=O) groups is 1. The van der Waals surface area contributed by atoms with Gasteiger partial charge in [0.05, 0.1) is 38.6 Å². The van der Waals surface area contributed by atoms with Crippen molar-refractivity contribution in [2.45, 2.75) is 503 Å². The molecule has 632 valence electrons. The molecule has 3 rings (SSSR count). The van der Waals surface area contributed by atoms with Crippen LogP contribution in [0, 0.1) is 0 Å². The molecule has 3 aliphatic rings. The highest BCUT2D eigenvalue weighted by Crippen LogP contribution is 2.34. The van der Waals surface area contributed by atoms with Crippen LogP contribution in [0.4, 0.5) is 0 Å². The maximum atomic E-state index is 13.5. The molecule has 17 atom stereocenters. The molecule has 3 heterocycles. The van der Waals surface area contributed by atoms with Crippen LogP contribution in [-0.2, 0) is 33.2 Å². The molecule has 12 N–H and O–H groups in total. The zero-order valence-electron chi connectivity index (χ0n) is 68.2. The second kappa shape index (κ2) is 68.7. The van der Waals surface area contributed by atoms with Crippen molar-refractivity contribution in [2.24, 2.45) is 0 Å². The predicted octanol–water partition coefficient (Wildman–Crippen LogP) is 16.9. The van der Waals surface area contributed by atoms with E-state index < -0.39 is 124 Å². The van der Waals surface area contributed by atoms with Gasteiger partial charge in [-0.1, -0.05) is 372 Å². The second-order valence-electron chi connectivity index (χ2n) is 32.4. The largest absolute Gasteiger partial charge is 0.394 e. The van der Waals surface area contributed by atoms with E-state index in [0.717, 1.165) is 44.9 Å². The van der Waals surface area contributed by atoms with Crippen molar-refractivity contribution >= 4 is 5.91 Å². The molecule has 19 heteroatoms. The van der Waals surface area contributed by atoms with Gasteiger partial charge in [-0.15, -0.1) is 0 Å². The zero-order valence-corrected chi connectivity index (χ0v) is 68.2. The summed E-state index contributed by atoms with van der Waals surface area (Å²) in [7, 11) is 0. The number of nitrogens with one attached hydrogen (secondary N) is 1. The third kappa shape index (κ3) is 47.7. The summed E-state index contributed by atoms with van der Waals surface area (Å²) in [5, 5.41) is 121. The molecule has 0 aromatic heterocycles. The number of aliphatic hydroxyl groups excluding tert-OH is 11. The quantitative estimate of drug-likeness (QED) is 0.0199. The Balaban J connectivity index is 1.33. The molecule has 19 nitrogen and oxygen atoms in total. The molecular weight excluding hydrogens is 1360 g/mol. The Bertz CT molecular complexity index is 2020. The van der Waals surface area contributed by atoms with E-state index in [1.807, 2.05) is 6.08 Å². The Hall–Kier alpha value is -1.73. The van der Waals surface area contributed by atoms with Gasteiger partial charge in [0.25, 0.3) is 0 Å². The van der Waals surface area contributed by atoms with Gasteiger partial charge in [-0.3, -0.25) is 4.79 Å². The summed E-state index contributed by atoms with van der Waals surface area (Å²) in [6.45, 7) is 1.81.